The second-order valence-electron chi connectivity index (χ2n) is 6.12. The Morgan fingerprint density at radius 2 is 1.73 bits per heavy atom. The molecular formula is C19H18Cl2N2O6S. The quantitative estimate of drug-likeness (QED) is 0.450. The van der Waals surface area contributed by atoms with Crippen LogP contribution in [0.1, 0.15) is 24.2 Å². The third-order valence-electron chi connectivity index (χ3n) is 3.85. The normalized spacial score (nSPS) is 12.1. The summed E-state index contributed by atoms with van der Waals surface area (Å²) >= 11 is 11.6. The van der Waals surface area contributed by atoms with Crippen LogP contribution in [0.2, 0.25) is 10.0 Å². The molecule has 1 amide bonds. The molecule has 2 aromatic carbocycles. The molecule has 0 saturated carbocycles. The van der Waals surface area contributed by atoms with Gasteiger partial charge in [-0.1, -0.05) is 35.3 Å². The standard InChI is InChI=1S/C19H18Cl2N2O6S/c1-11(24)14-5-3-4-6-17(14)23-19(26)12(2)29-18(25)10-22-30(27,28)13-7-8-15(20)16(21)9-13/h3-9,12,22H,10H2,1-2H3,(H,23,26)/t12-/m0/s1. The third kappa shape index (κ3) is 6.27. The lowest BCUT2D eigenvalue weighted by atomic mass is 10.1. The molecule has 0 aromatic heterocycles. The van der Waals surface area contributed by atoms with Gasteiger partial charge in [-0.25, -0.2) is 8.42 Å². The molecule has 0 heterocycles. The first-order chi connectivity index (χ1) is 14.0. The number of rotatable bonds is 8. The van der Waals surface area contributed by atoms with Crippen molar-refractivity contribution in [2.24, 2.45) is 0 Å². The molecule has 11 heteroatoms. The molecule has 0 aliphatic carbocycles. The van der Waals surface area contributed by atoms with E-state index in [1.807, 2.05) is 0 Å². The molecule has 0 spiro atoms. The molecule has 0 unspecified atom stereocenters. The molecule has 0 saturated heterocycles. The molecule has 2 rings (SSSR count). The van der Waals surface area contributed by atoms with Crippen molar-refractivity contribution in [1.82, 2.24) is 4.72 Å². The fourth-order valence-electron chi connectivity index (χ4n) is 2.31. The van der Waals surface area contributed by atoms with Gasteiger partial charge in [0.2, 0.25) is 10.0 Å². The molecule has 0 fully saturated rings. The first-order valence-corrected chi connectivity index (χ1v) is 10.8. The zero-order chi connectivity index (χ0) is 22.5. The fraction of sp³-hybridized carbons (Fsp3) is 0.211. The Labute approximate surface area is 183 Å². The van der Waals surface area contributed by atoms with Crippen molar-refractivity contribution in [2.45, 2.75) is 24.8 Å². The lowest BCUT2D eigenvalue weighted by Gasteiger charge is -2.15. The average Bonchev–Trinajstić information content (AvgIpc) is 2.68. The first-order valence-electron chi connectivity index (χ1n) is 8.56. The van der Waals surface area contributed by atoms with E-state index in [2.05, 4.69) is 10.0 Å². The van der Waals surface area contributed by atoms with Crippen LogP contribution >= 0.6 is 23.2 Å². The number of carbonyl (C=O) groups is 3. The van der Waals surface area contributed by atoms with E-state index in [1.165, 1.54) is 32.0 Å². The smallest absolute Gasteiger partial charge is 0.321 e. The number of sulfonamides is 1. The van der Waals surface area contributed by atoms with Crippen LogP contribution in [0.5, 0.6) is 0 Å². The second kappa shape index (κ2) is 10.0. The second-order valence-corrected chi connectivity index (χ2v) is 8.70. The molecule has 0 bridgehead atoms. The highest BCUT2D eigenvalue weighted by atomic mass is 35.5. The highest BCUT2D eigenvalue weighted by Crippen LogP contribution is 2.24. The molecule has 0 aliphatic rings. The highest BCUT2D eigenvalue weighted by molar-refractivity contribution is 7.89. The number of hydrogen-bond donors (Lipinski definition) is 2. The predicted octanol–water partition coefficient (Wildman–Crippen LogP) is 3.04. The zero-order valence-corrected chi connectivity index (χ0v) is 18.3. The Hall–Kier alpha value is -2.46. The van der Waals surface area contributed by atoms with Crippen LogP contribution in [0, 0.1) is 0 Å². The van der Waals surface area contributed by atoms with E-state index in [9.17, 15) is 22.8 Å². The van der Waals surface area contributed by atoms with E-state index >= 15 is 0 Å². The minimum atomic E-state index is -4.05. The van der Waals surface area contributed by atoms with Gasteiger partial charge in [-0.05, 0) is 44.2 Å². The number of Topliss-reactive ketones (excluding diaryl/α,β-unsaturated/α-hetero) is 1. The number of halogens is 2. The molecule has 30 heavy (non-hydrogen) atoms. The Balaban J connectivity index is 1.95. The van der Waals surface area contributed by atoms with Crippen LogP contribution in [-0.4, -0.2) is 38.7 Å². The summed E-state index contributed by atoms with van der Waals surface area (Å²) in [6, 6.07) is 10.0. The number of nitrogens with one attached hydrogen (secondary N) is 2. The van der Waals surface area contributed by atoms with Gasteiger partial charge in [0.25, 0.3) is 5.91 Å². The summed E-state index contributed by atoms with van der Waals surface area (Å²) in [5, 5.41) is 2.73. The SMILES string of the molecule is CC(=O)c1ccccc1NC(=O)[C@H](C)OC(=O)CNS(=O)(=O)c1ccc(Cl)c(Cl)c1. The third-order valence-corrected chi connectivity index (χ3v) is 5.99. The fourth-order valence-corrected chi connectivity index (χ4v) is 3.66. The van der Waals surface area contributed by atoms with Crippen LogP contribution in [0.25, 0.3) is 0 Å². The number of ether oxygens (including phenoxy) is 1. The molecule has 160 valence electrons. The monoisotopic (exact) mass is 472 g/mol. The molecular weight excluding hydrogens is 455 g/mol. The van der Waals surface area contributed by atoms with Gasteiger partial charge in [0.1, 0.15) is 6.54 Å². The van der Waals surface area contributed by atoms with Gasteiger partial charge in [0.15, 0.2) is 11.9 Å². The number of esters is 1. The molecule has 2 N–H and O–H groups in total. The Morgan fingerprint density at radius 3 is 2.37 bits per heavy atom. The van der Waals surface area contributed by atoms with Gasteiger partial charge in [-0.2, -0.15) is 4.72 Å². The van der Waals surface area contributed by atoms with E-state index in [0.717, 1.165) is 6.07 Å². The molecule has 8 nitrogen and oxygen atoms in total. The van der Waals surface area contributed by atoms with Crippen molar-refractivity contribution in [3.05, 3.63) is 58.1 Å². The van der Waals surface area contributed by atoms with Crippen LogP contribution in [-0.2, 0) is 24.3 Å². The number of ketones is 1. The Morgan fingerprint density at radius 1 is 1.07 bits per heavy atom. The van der Waals surface area contributed by atoms with Crippen LogP contribution in [0.4, 0.5) is 5.69 Å². The molecule has 2 aromatic rings. The van der Waals surface area contributed by atoms with Gasteiger partial charge in [-0.3, -0.25) is 14.4 Å². The minimum Gasteiger partial charge on any atom is -0.452 e. The summed E-state index contributed by atoms with van der Waals surface area (Å²) in [6.07, 6.45) is -1.23. The summed E-state index contributed by atoms with van der Waals surface area (Å²) in [5.41, 5.74) is 0.581. The summed E-state index contributed by atoms with van der Waals surface area (Å²) in [7, 11) is -4.05. The number of amides is 1. The summed E-state index contributed by atoms with van der Waals surface area (Å²) in [4.78, 5) is 35.6. The number of anilines is 1. The van der Waals surface area contributed by atoms with Crippen molar-refractivity contribution < 1.29 is 27.5 Å². The van der Waals surface area contributed by atoms with Gasteiger partial charge in [-0.15, -0.1) is 0 Å². The molecule has 0 aliphatic heterocycles. The number of hydrogen-bond acceptors (Lipinski definition) is 6. The molecule has 1 atom stereocenters. The van der Waals surface area contributed by atoms with E-state index in [0.29, 0.717) is 5.56 Å². The lowest BCUT2D eigenvalue weighted by Crippen LogP contribution is -2.36. The maximum absolute atomic E-state index is 12.2. The highest BCUT2D eigenvalue weighted by Gasteiger charge is 2.22. The lowest BCUT2D eigenvalue weighted by molar-refractivity contribution is -0.151. The van der Waals surface area contributed by atoms with Crippen LogP contribution < -0.4 is 10.0 Å². The van der Waals surface area contributed by atoms with Crippen molar-refractivity contribution in [3.8, 4) is 0 Å². The summed E-state index contributed by atoms with van der Waals surface area (Å²) in [5.74, 6) is -1.89. The van der Waals surface area contributed by atoms with E-state index in [-0.39, 0.29) is 26.4 Å². The van der Waals surface area contributed by atoms with Crippen LogP contribution in [0.3, 0.4) is 0 Å². The molecule has 0 radical (unpaired) electrons. The Kier molecular flexibility index (Phi) is 7.96. The topological polar surface area (TPSA) is 119 Å². The first kappa shape index (κ1) is 23.8. The Bertz CT molecular complexity index is 1090. The van der Waals surface area contributed by atoms with Gasteiger partial charge < -0.3 is 10.1 Å². The van der Waals surface area contributed by atoms with Crippen molar-refractivity contribution in [3.63, 3.8) is 0 Å². The largest absolute Gasteiger partial charge is 0.452 e. The number of carbonyl (C=O) groups excluding carboxylic acids is 3. The minimum absolute atomic E-state index is 0.0400. The maximum Gasteiger partial charge on any atom is 0.321 e. The van der Waals surface area contributed by atoms with Crippen LogP contribution in [0.15, 0.2) is 47.4 Å². The van der Waals surface area contributed by atoms with Crippen molar-refractivity contribution in [2.75, 3.05) is 11.9 Å². The van der Waals surface area contributed by atoms with Crippen molar-refractivity contribution in [1.29, 1.82) is 0 Å². The average molecular weight is 473 g/mol. The van der Waals surface area contributed by atoms with Gasteiger partial charge >= 0.3 is 5.97 Å². The predicted molar refractivity (Wildman–Crippen MR) is 112 cm³/mol. The van der Waals surface area contributed by atoms with Crippen molar-refractivity contribution >= 4 is 56.6 Å². The van der Waals surface area contributed by atoms with Gasteiger partial charge in [0.05, 0.1) is 20.6 Å². The zero-order valence-electron chi connectivity index (χ0n) is 15.9. The summed E-state index contributed by atoms with van der Waals surface area (Å²) < 4.78 is 31.5. The van der Waals surface area contributed by atoms with E-state index < -0.39 is 34.5 Å². The van der Waals surface area contributed by atoms with E-state index in [4.69, 9.17) is 27.9 Å². The maximum atomic E-state index is 12.2. The number of para-hydroxylation sites is 1. The summed E-state index contributed by atoms with van der Waals surface area (Å²) in [6.45, 7) is 1.97. The van der Waals surface area contributed by atoms with E-state index in [1.54, 1.807) is 18.2 Å². The number of benzene rings is 2. The van der Waals surface area contributed by atoms with Gasteiger partial charge in [0, 0.05) is 5.56 Å².